The van der Waals surface area contributed by atoms with Crippen LogP contribution in [0.25, 0.3) is 33.3 Å². The van der Waals surface area contributed by atoms with E-state index in [1.165, 1.54) is 11.3 Å². The number of carbonyl (C=O) groups excluding carboxylic acids is 1. The Kier molecular flexibility index (Phi) is 4.11. The first-order chi connectivity index (χ1) is 14.1. The van der Waals surface area contributed by atoms with Gasteiger partial charge in [0.25, 0.3) is 11.5 Å². The number of H-pyrrole nitrogens is 2. The molecule has 5 rings (SSSR count). The molecule has 0 saturated heterocycles. The Morgan fingerprint density at radius 2 is 2.00 bits per heavy atom. The number of fused-ring (bicyclic) bond motifs is 2. The summed E-state index contributed by atoms with van der Waals surface area (Å²) < 4.78 is 6.02. The van der Waals surface area contributed by atoms with Gasteiger partial charge in [0.1, 0.15) is 11.3 Å². The minimum atomic E-state index is -0.336. The number of para-hydroxylation sites is 1. The summed E-state index contributed by atoms with van der Waals surface area (Å²) in [6.07, 6.45) is 0. The van der Waals surface area contributed by atoms with Gasteiger partial charge in [-0.15, -0.1) is 11.3 Å². The standard InChI is InChI=1S/C20H12N4O3S2/c25-17(11-5-6-12-13(7-11)21-19(28)23-18(12)26)24-20-22-14(9-29-20)16-8-10-3-1-2-4-15(10)27-16/h1-9H,(H,22,24,25)(H2,21,23,26,28). The smallest absolute Gasteiger partial charge is 0.259 e. The van der Waals surface area contributed by atoms with E-state index < -0.39 is 0 Å². The molecule has 0 aliphatic heterocycles. The molecule has 0 bridgehead atoms. The molecular formula is C20H12N4O3S2. The molecule has 0 unspecified atom stereocenters. The number of benzene rings is 2. The van der Waals surface area contributed by atoms with Crippen molar-refractivity contribution in [1.29, 1.82) is 0 Å². The SMILES string of the molecule is O=C(Nc1nc(-c2cc3ccccc3o2)cs1)c1ccc2c(=O)[nH]c(=S)[nH]c2c1. The molecule has 0 atom stereocenters. The summed E-state index contributed by atoms with van der Waals surface area (Å²) in [7, 11) is 0. The van der Waals surface area contributed by atoms with Crippen LogP contribution in [0.5, 0.6) is 0 Å². The van der Waals surface area contributed by atoms with Crippen molar-refractivity contribution in [1.82, 2.24) is 15.0 Å². The number of nitrogens with zero attached hydrogens (tertiary/aromatic N) is 1. The molecule has 29 heavy (non-hydrogen) atoms. The van der Waals surface area contributed by atoms with Crippen LogP contribution < -0.4 is 10.9 Å². The molecule has 142 valence electrons. The number of hydrogen-bond acceptors (Lipinski definition) is 6. The number of carbonyl (C=O) groups is 1. The predicted molar refractivity (Wildman–Crippen MR) is 115 cm³/mol. The summed E-state index contributed by atoms with van der Waals surface area (Å²) in [6.45, 7) is 0. The van der Waals surface area contributed by atoms with Gasteiger partial charge in [-0.25, -0.2) is 4.98 Å². The second-order valence-electron chi connectivity index (χ2n) is 6.31. The maximum Gasteiger partial charge on any atom is 0.259 e. The zero-order valence-corrected chi connectivity index (χ0v) is 16.3. The third-order valence-corrected chi connectivity index (χ3v) is 5.37. The number of aromatic nitrogens is 3. The highest BCUT2D eigenvalue weighted by molar-refractivity contribution is 7.71. The summed E-state index contributed by atoms with van der Waals surface area (Å²) in [5, 5.41) is 6.47. The molecule has 1 amide bonds. The highest BCUT2D eigenvalue weighted by Crippen LogP contribution is 2.30. The lowest BCUT2D eigenvalue weighted by Crippen LogP contribution is -2.13. The number of anilines is 1. The van der Waals surface area contributed by atoms with Crippen molar-refractivity contribution in [3.63, 3.8) is 0 Å². The van der Waals surface area contributed by atoms with E-state index in [0.29, 0.717) is 33.1 Å². The van der Waals surface area contributed by atoms with Crippen molar-refractivity contribution in [3.05, 3.63) is 74.6 Å². The largest absolute Gasteiger partial charge is 0.454 e. The third kappa shape index (κ3) is 3.26. The zero-order valence-electron chi connectivity index (χ0n) is 14.7. The Balaban J connectivity index is 1.42. The van der Waals surface area contributed by atoms with E-state index in [1.54, 1.807) is 18.2 Å². The second kappa shape index (κ2) is 6.80. The second-order valence-corrected chi connectivity index (χ2v) is 7.58. The van der Waals surface area contributed by atoms with Gasteiger partial charge in [-0.1, -0.05) is 18.2 Å². The summed E-state index contributed by atoms with van der Waals surface area (Å²) >= 11 is 6.29. The number of hydrogen-bond donors (Lipinski definition) is 3. The van der Waals surface area contributed by atoms with Crippen molar-refractivity contribution in [2.24, 2.45) is 0 Å². The number of amides is 1. The van der Waals surface area contributed by atoms with Gasteiger partial charge in [0.15, 0.2) is 15.7 Å². The first kappa shape index (κ1) is 17.5. The number of rotatable bonds is 3. The lowest BCUT2D eigenvalue weighted by atomic mass is 10.1. The molecular weight excluding hydrogens is 408 g/mol. The van der Waals surface area contributed by atoms with E-state index in [2.05, 4.69) is 20.3 Å². The first-order valence-corrected chi connectivity index (χ1v) is 9.88. The summed E-state index contributed by atoms with van der Waals surface area (Å²) in [4.78, 5) is 34.4. The molecule has 3 heterocycles. The Morgan fingerprint density at radius 3 is 2.86 bits per heavy atom. The number of nitrogens with one attached hydrogen (secondary N) is 3. The molecule has 7 nitrogen and oxygen atoms in total. The molecule has 2 aromatic carbocycles. The van der Waals surface area contributed by atoms with Crippen LogP contribution in [0.2, 0.25) is 0 Å². The number of thiazole rings is 1. The third-order valence-electron chi connectivity index (χ3n) is 4.40. The van der Waals surface area contributed by atoms with E-state index in [-0.39, 0.29) is 16.2 Å². The maximum absolute atomic E-state index is 12.6. The van der Waals surface area contributed by atoms with Gasteiger partial charge in [0.2, 0.25) is 0 Å². The number of aromatic amines is 2. The van der Waals surface area contributed by atoms with Crippen molar-refractivity contribution in [2.45, 2.75) is 0 Å². The van der Waals surface area contributed by atoms with Crippen LogP contribution in [0.15, 0.2) is 63.1 Å². The molecule has 3 aromatic heterocycles. The molecule has 5 aromatic rings. The van der Waals surface area contributed by atoms with Crippen LogP contribution in [0.4, 0.5) is 5.13 Å². The molecule has 0 fully saturated rings. The minimum Gasteiger partial charge on any atom is -0.454 e. The average molecular weight is 420 g/mol. The van der Waals surface area contributed by atoms with Gasteiger partial charge in [0, 0.05) is 16.3 Å². The molecule has 0 spiro atoms. The molecule has 3 N–H and O–H groups in total. The molecule has 0 saturated carbocycles. The summed E-state index contributed by atoms with van der Waals surface area (Å²) in [5.41, 5.74) is 2.01. The summed E-state index contributed by atoms with van der Waals surface area (Å²) in [6, 6.07) is 14.4. The maximum atomic E-state index is 12.6. The molecule has 0 aliphatic rings. The Hall–Kier alpha value is -3.56. The van der Waals surface area contributed by atoms with Gasteiger partial charge in [-0.05, 0) is 42.5 Å². The van der Waals surface area contributed by atoms with Crippen LogP contribution in [0, 0.1) is 4.77 Å². The van der Waals surface area contributed by atoms with E-state index >= 15 is 0 Å². The highest BCUT2D eigenvalue weighted by atomic mass is 32.1. The molecule has 0 aliphatic carbocycles. The fourth-order valence-corrected chi connectivity index (χ4v) is 3.93. The monoisotopic (exact) mass is 420 g/mol. The van der Waals surface area contributed by atoms with E-state index in [1.807, 2.05) is 35.7 Å². The Labute approximate surface area is 172 Å². The minimum absolute atomic E-state index is 0.204. The Morgan fingerprint density at radius 1 is 1.14 bits per heavy atom. The number of furan rings is 1. The molecule has 0 radical (unpaired) electrons. The lowest BCUT2D eigenvalue weighted by Gasteiger charge is -2.03. The fourth-order valence-electron chi connectivity index (χ4n) is 3.03. The van der Waals surface area contributed by atoms with Crippen molar-refractivity contribution in [2.75, 3.05) is 5.32 Å². The lowest BCUT2D eigenvalue weighted by molar-refractivity contribution is 0.102. The van der Waals surface area contributed by atoms with Gasteiger partial charge in [0.05, 0.1) is 10.9 Å². The molecule has 9 heteroatoms. The van der Waals surface area contributed by atoms with Crippen LogP contribution in [-0.4, -0.2) is 20.9 Å². The van der Waals surface area contributed by atoms with Crippen molar-refractivity contribution < 1.29 is 9.21 Å². The van der Waals surface area contributed by atoms with E-state index in [4.69, 9.17) is 16.6 Å². The van der Waals surface area contributed by atoms with Crippen molar-refractivity contribution >= 4 is 56.5 Å². The fraction of sp³-hybridized carbons (Fsp3) is 0. The van der Waals surface area contributed by atoms with Gasteiger partial charge >= 0.3 is 0 Å². The van der Waals surface area contributed by atoms with E-state index in [0.717, 1.165) is 11.0 Å². The average Bonchev–Trinajstić information content (AvgIpc) is 3.33. The van der Waals surface area contributed by atoms with Crippen LogP contribution >= 0.6 is 23.6 Å². The topological polar surface area (TPSA) is 104 Å². The Bertz CT molecular complexity index is 1480. The van der Waals surface area contributed by atoms with Crippen LogP contribution in [-0.2, 0) is 0 Å². The van der Waals surface area contributed by atoms with Gasteiger partial charge in [-0.3, -0.25) is 19.9 Å². The normalized spacial score (nSPS) is 11.2. The van der Waals surface area contributed by atoms with Crippen molar-refractivity contribution in [3.8, 4) is 11.5 Å². The zero-order chi connectivity index (χ0) is 20.0. The quantitative estimate of drug-likeness (QED) is 0.367. The first-order valence-electron chi connectivity index (χ1n) is 8.59. The van der Waals surface area contributed by atoms with Gasteiger partial charge < -0.3 is 9.40 Å². The predicted octanol–water partition coefficient (Wildman–Crippen LogP) is 4.71. The van der Waals surface area contributed by atoms with Crippen LogP contribution in [0.1, 0.15) is 10.4 Å². The van der Waals surface area contributed by atoms with E-state index in [9.17, 15) is 9.59 Å². The summed E-state index contributed by atoms with van der Waals surface area (Å²) in [5.74, 6) is 0.303. The van der Waals surface area contributed by atoms with Gasteiger partial charge in [-0.2, -0.15) is 0 Å². The van der Waals surface area contributed by atoms with Crippen LogP contribution in [0.3, 0.4) is 0 Å². The highest BCUT2D eigenvalue weighted by Gasteiger charge is 2.13.